The van der Waals surface area contributed by atoms with Gasteiger partial charge in [0.2, 0.25) is 0 Å². The van der Waals surface area contributed by atoms with Gasteiger partial charge in [0.15, 0.2) is 0 Å². The average Bonchev–Trinajstić information content (AvgIpc) is 2.28. The predicted octanol–water partition coefficient (Wildman–Crippen LogP) is 2.66. The molecule has 1 N–H and O–H groups in total. The highest BCUT2D eigenvalue weighted by Gasteiger charge is 2.06. The van der Waals surface area contributed by atoms with Crippen molar-refractivity contribution < 1.29 is 4.74 Å². The number of nitrogens with zero attached hydrogens (tertiary/aromatic N) is 1. The monoisotopic (exact) mass is 238 g/mol. The zero-order valence-corrected chi connectivity index (χ0v) is 10.3. The Morgan fingerprint density at radius 3 is 2.88 bits per heavy atom. The number of methoxy groups -OCH3 is 1. The molecule has 0 bridgehead atoms. The fourth-order valence-electron chi connectivity index (χ4n) is 1.39. The molecule has 0 spiro atoms. The molecule has 1 aromatic rings. The number of halogens is 1. The quantitative estimate of drug-likeness (QED) is 0.803. The molecule has 16 heavy (non-hydrogen) atoms. The number of aryl methyl sites for hydroxylation is 1. The maximum Gasteiger partial charge on any atom is 0.123 e. The summed E-state index contributed by atoms with van der Waals surface area (Å²) in [6.45, 7) is 3.27. The van der Waals surface area contributed by atoms with Gasteiger partial charge in [-0.15, -0.1) is 0 Å². The van der Waals surface area contributed by atoms with Crippen molar-refractivity contribution in [3.8, 4) is 11.8 Å². The van der Waals surface area contributed by atoms with Gasteiger partial charge in [0.05, 0.1) is 13.2 Å². The second kappa shape index (κ2) is 6.37. The zero-order valence-electron chi connectivity index (χ0n) is 9.51. The van der Waals surface area contributed by atoms with Crippen LogP contribution in [0.25, 0.3) is 0 Å². The fraction of sp³-hybridized carbons (Fsp3) is 0.417. The highest BCUT2D eigenvalue weighted by Crippen LogP contribution is 2.26. The van der Waals surface area contributed by atoms with E-state index >= 15 is 0 Å². The Kier molecular flexibility index (Phi) is 5.10. The summed E-state index contributed by atoms with van der Waals surface area (Å²) in [5.41, 5.74) is 2.01. The van der Waals surface area contributed by atoms with Crippen LogP contribution in [-0.4, -0.2) is 13.7 Å². The lowest BCUT2D eigenvalue weighted by Crippen LogP contribution is -2.14. The van der Waals surface area contributed by atoms with Crippen molar-refractivity contribution in [2.75, 3.05) is 13.7 Å². The first-order valence-corrected chi connectivity index (χ1v) is 5.47. The molecular formula is C12H15ClN2O. The van der Waals surface area contributed by atoms with E-state index in [0.717, 1.165) is 21.9 Å². The second-order valence-corrected chi connectivity index (χ2v) is 3.91. The van der Waals surface area contributed by atoms with Crippen LogP contribution in [0.15, 0.2) is 12.1 Å². The number of nitriles is 1. The predicted molar refractivity (Wildman–Crippen MR) is 64.7 cm³/mol. The van der Waals surface area contributed by atoms with Crippen LogP contribution >= 0.6 is 11.6 Å². The highest BCUT2D eigenvalue weighted by atomic mass is 35.5. The number of ether oxygens (including phenoxy) is 1. The summed E-state index contributed by atoms with van der Waals surface area (Å²) in [6, 6.07) is 5.90. The van der Waals surface area contributed by atoms with Crippen molar-refractivity contribution in [2.45, 2.75) is 19.9 Å². The Morgan fingerprint density at radius 2 is 2.25 bits per heavy atom. The van der Waals surface area contributed by atoms with Crippen molar-refractivity contribution in [3.05, 3.63) is 28.3 Å². The van der Waals surface area contributed by atoms with Gasteiger partial charge in [-0.1, -0.05) is 11.6 Å². The Hall–Kier alpha value is -1.24. The number of benzene rings is 1. The van der Waals surface area contributed by atoms with Gasteiger partial charge in [-0.3, -0.25) is 0 Å². The van der Waals surface area contributed by atoms with Crippen LogP contribution in [0.4, 0.5) is 0 Å². The molecule has 1 rings (SSSR count). The van der Waals surface area contributed by atoms with Gasteiger partial charge in [0.1, 0.15) is 5.75 Å². The minimum Gasteiger partial charge on any atom is -0.496 e. The standard InChI is InChI=1S/C12H15ClN2O/c1-9-6-12(16-2)10(7-11(9)13)8-15-5-3-4-14/h6-7,15H,3,5,8H2,1-2H3. The van der Waals surface area contributed by atoms with Crippen LogP contribution in [0, 0.1) is 18.3 Å². The second-order valence-electron chi connectivity index (χ2n) is 3.50. The van der Waals surface area contributed by atoms with Gasteiger partial charge < -0.3 is 10.1 Å². The normalized spacial score (nSPS) is 9.88. The largest absolute Gasteiger partial charge is 0.496 e. The van der Waals surface area contributed by atoms with Gasteiger partial charge in [-0.05, 0) is 24.6 Å². The SMILES string of the molecule is COc1cc(C)c(Cl)cc1CNCCC#N. The summed E-state index contributed by atoms with van der Waals surface area (Å²) in [7, 11) is 1.64. The molecule has 0 unspecified atom stereocenters. The Bertz CT molecular complexity index is 399. The molecule has 0 radical (unpaired) electrons. The van der Waals surface area contributed by atoms with Crippen LogP contribution in [0.3, 0.4) is 0 Å². The molecule has 0 saturated carbocycles. The van der Waals surface area contributed by atoms with Crippen molar-refractivity contribution in [3.63, 3.8) is 0 Å². The van der Waals surface area contributed by atoms with Gasteiger partial charge in [0.25, 0.3) is 0 Å². The molecule has 0 atom stereocenters. The zero-order chi connectivity index (χ0) is 12.0. The molecule has 0 aromatic heterocycles. The van der Waals surface area contributed by atoms with Gasteiger partial charge in [0, 0.05) is 30.1 Å². The molecule has 0 saturated heterocycles. The van der Waals surface area contributed by atoms with Crippen molar-refractivity contribution in [2.24, 2.45) is 0 Å². The van der Waals surface area contributed by atoms with Crippen molar-refractivity contribution >= 4 is 11.6 Å². The Morgan fingerprint density at radius 1 is 1.50 bits per heavy atom. The molecule has 86 valence electrons. The average molecular weight is 239 g/mol. The molecule has 1 aromatic carbocycles. The smallest absolute Gasteiger partial charge is 0.123 e. The fourth-order valence-corrected chi connectivity index (χ4v) is 1.58. The summed E-state index contributed by atoms with van der Waals surface area (Å²) >= 11 is 6.05. The van der Waals surface area contributed by atoms with Crippen LogP contribution < -0.4 is 10.1 Å². The maximum atomic E-state index is 8.41. The molecule has 0 aliphatic rings. The number of rotatable bonds is 5. The topological polar surface area (TPSA) is 45.0 Å². The lowest BCUT2D eigenvalue weighted by molar-refractivity contribution is 0.407. The number of nitrogens with one attached hydrogen (secondary N) is 1. The molecule has 0 aliphatic heterocycles. The lowest BCUT2D eigenvalue weighted by atomic mass is 10.1. The molecular weight excluding hydrogens is 224 g/mol. The Labute approximate surface area is 101 Å². The summed E-state index contributed by atoms with van der Waals surface area (Å²) in [5.74, 6) is 0.825. The van der Waals surface area contributed by atoms with E-state index in [4.69, 9.17) is 21.6 Å². The summed E-state index contributed by atoms with van der Waals surface area (Å²) in [5, 5.41) is 12.3. The van der Waals surface area contributed by atoms with E-state index in [2.05, 4.69) is 11.4 Å². The van der Waals surface area contributed by atoms with E-state index in [-0.39, 0.29) is 0 Å². The molecule has 3 nitrogen and oxygen atoms in total. The van der Waals surface area contributed by atoms with Gasteiger partial charge in [-0.2, -0.15) is 5.26 Å². The van der Waals surface area contributed by atoms with E-state index in [9.17, 15) is 0 Å². The van der Waals surface area contributed by atoms with Crippen LogP contribution in [0.5, 0.6) is 5.75 Å². The van der Waals surface area contributed by atoms with Crippen LogP contribution in [0.1, 0.15) is 17.5 Å². The van der Waals surface area contributed by atoms with Crippen molar-refractivity contribution in [1.29, 1.82) is 5.26 Å². The minimum absolute atomic E-state index is 0.502. The number of hydrogen-bond acceptors (Lipinski definition) is 3. The van der Waals surface area contributed by atoms with Crippen molar-refractivity contribution in [1.82, 2.24) is 5.32 Å². The molecule has 0 amide bonds. The van der Waals surface area contributed by atoms with E-state index in [1.54, 1.807) is 7.11 Å². The van der Waals surface area contributed by atoms with E-state index < -0.39 is 0 Å². The first-order valence-electron chi connectivity index (χ1n) is 5.09. The Balaban J connectivity index is 2.71. The minimum atomic E-state index is 0.502. The third-order valence-electron chi connectivity index (χ3n) is 2.29. The third kappa shape index (κ3) is 3.41. The molecule has 0 fully saturated rings. The van der Waals surface area contributed by atoms with Gasteiger partial charge >= 0.3 is 0 Å². The molecule has 4 heteroatoms. The molecule has 0 heterocycles. The van der Waals surface area contributed by atoms with Crippen LogP contribution in [-0.2, 0) is 6.54 Å². The summed E-state index contributed by atoms with van der Waals surface area (Å²) in [6.07, 6.45) is 0.502. The third-order valence-corrected chi connectivity index (χ3v) is 2.70. The first-order chi connectivity index (χ1) is 7.69. The molecule has 0 aliphatic carbocycles. The van der Waals surface area contributed by atoms with Crippen LogP contribution in [0.2, 0.25) is 5.02 Å². The summed E-state index contributed by atoms with van der Waals surface area (Å²) < 4.78 is 5.27. The van der Waals surface area contributed by atoms with Gasteiger partial charge in [-0.25, -0.2) is 0 Å². The number of hydrogen-bond donors (Lipinski definition) is 1. The highest BCUT2D eigenvalue weighted by molar-refractivity contribution is 6.31. The van der Waals surface area contributed by atoms with E-state index in [1.165, 1.54) is 0 Å². The van der Waals surface area contributed by atoms with E-state index in [0.29, 0.717) is 19.5 Å². The van der Waals surface area contributed by atoms with E-state index in [1.807, 2.05) is 19.1 Å². The summed E-state index contributed by atoms with van der Waals surface area (Å²) in [4.78, 5) is 0. The maximum absolute atomic E-state index is 8.41. The lowest BCUT2D eigenvalue weighted by Gasteiger charge is -2.11. The first kappa shape index (κ1) is 12.8.